The average molecular weight is 453 g/mol. The number of Topliss-reactive ketones (excluding diaryl/α,β-unsaturated/α-hetero) is 1. The molecule has 1 atom stereocenters. The number of likely N-dealkylation sites (tertiary alicyclic amines) is 1. The van der Waals surface area contributed by atoms with Gasteiger partial charge in [-0.25, -0.2) is 0 Å². The number of carbonyl (C=O) groups excluding carboxylic acids is 2. The zero-order valence-corrected chi connectivity index (χ0v) is 18.8. The number of benzene rings is 1. The number of hydrogen-bond donors (Lipinski definition) is 1. The summed E-state index contributed by atoms with van der Waals surface area (Å²) in [7, 11) is 1.57. The van der Waals surface area contributed by atoms with Crippen molar-refractivity contribution in [3.63, 3.8) is 0 Å². The summed E-state index contributed by atoms with van der Waals surface area (Å²) in [5.41, 5.74) is 1.04. The van der Waals surface area contributed by atoms with Crippen molar-refractivity contribution in [3.8, 4) is 11.5 Å². The largest absolute Gasteiger partial charge is 0.507 e. The molecule has 0 saturated carbocycles. The Balaban J connectivity index is 2.13. The third-order valence-corrected chi connectivity index (χ3v) is 5.18. The summed E-state index contributed by atoms with van der Waals surface area (Å²) in [6, 6.07) is 7.61. The molecule has 8 nitrogen and oxygen atoms in total. The van der Waals surface area contributed by atoms with E-state index in [0.29, 0.717) is 48.9 Å². The summed E-state index contributed by atoms with van der Waals surface area (Å²) in [5, 5.41) is 11.0. The van der Waals surface area contributed by atoms with Crippen LogP contribution in [0.1, 0.15) is 30.5 Å². The highest BCUT2D eigenvalue weighted by atomic mass is 16.5. The average Bonchev–Trinajstić information content (AvgIpc) is 3.08. The molecule has 0 bridgehead atoms. The summed E-state index contributed by atoms with van der Waals surface area (Å²) >= 11 is 0. The Bertz CT molecular complexity index is 1030. The Morgan fingerprint density at radius 1 is 1.18 bits per heavy atom. The van der Waals surface area contributed by atoms with Crippen LogP contribution in [-0.4, -0.2) is 60.2 Å². The fourth-order valence-corrected chi connectivity index (χ4v) is 3.73. The van der Waals surface area contributed by atoms with E-state index in [1.807, 2.05) is 6.92 Å². The molecular formula is C25H28N2O6. The van der Waals surface area contributed by atoms with Crippen LogP contribution >= 0.6 is 0 Å². The van der Waals surface area contributed by atoms with Gasteiger partial charge in [0, 0.05) is 38.2 Å². The third-order valence-electron chi connectivity index (χ3n) is 5.18. The number of pyridine rings is 1. The molecule has 1 aromatic heterocycles. The number of hydrogen-bond acceptors (Lipinski definition) is 7. The Morgan fingerprint density at radius 2 is 1.94 bits per heavy atom. The molecule has 1 unspecified atom stereocenters. The van der Waals surface area contributed by atoms with Crippen LogP contribution in [0.5, 0.6) is 11.5 Å². The summed E-state index contributed by atoms with van der Waals surface area (Å²) in [6.07, 6.45) is 5.19. The van der Waals surface area contributed by atoms with Gasteiger partial charge in [-0.05, 0) is 43.2 Å². The maximum absolute atomic E-state index is 13.0. The minimum absolute atomic E-state index is 0.0193. The highest BCUT2D eigenvalue weighted by Gasteiger charge is 2.46. The van der Waals surface area contributed by atoms with Crippen LogP contribution in [0.15, 0.2) is 61.0 Å². The van der Waals surface area contributed by atoms with E-state index in [2.05, 4.69) is 11.6 Å². The second-order valence-corrected chi connectivity index (χ2v) is 7.31. The van der Waals surface area contributed by atoms with E-state index in [-0.39, 0.29) is 17.9 Å². The molecule has 33 heavy (non-hydrogen) atoms. The molecular weight excluding hydrogens is 424 g/mol. The van der Waals surface area contributed by atoms with Gasteiger partial charge in [-0.2, -0.15) is 0 Å². The van der Waals surface area contributed by atoms with Gasteiger partial charge in [0.2, 0.25) is 0 Å². The first kappa shape index (κ1) is 24.0. The van der Waals surface area contributed by atoms with Gasteiger partial charge >= 0.3 is 0 Å². The molecule has 174 valence electrons. The minimum atomic E-state index is -0.789. The summed E-state index contributed by atoms with van der Waals surface area (Å²) in [6.45, 7) is 6.93. The molecule has 1 aliphatic rings. The van der Waals surface area contributed by atoms with Crippen LogP contribution in [0.2, 0.25) is 0 Å². The highest BCUT2D eigenvalue weighted by molar-refractivity contribution is 6.46. The summed E-state index contributed by atoms with van der Waals surface area (Å²) in [4.78, 5) is 31.4. The normalized spacial score (nSPS) is 17.3. The predicted molar refractivity (Wildman–Crippen MR) is 123 cm³/mol. The lowest BCUT2D eigenvalue weighted by Gasteiger charge is -2.26. The second kappa shape index (κ2) is 11.3. The minimum Gasteiger partial charge on any atom is -0.507 e. The van der Waals surface area contributed by atoms with Crippen molar-refractivity contribution in [1.82, 2.24) is 9.88 Å². The van der Waals surface area contributed by atoms with Gasteiger partial charge in [0.25, 0.3) is 11.7 Å². The van der Waals surface area contributed by atoms with Gasteiger partial charge < -0.3 is 24.2 Å². The Hall–Kier alpha value is -3.65. The van der Waals surface area contributed by atoms with Crippen molar-refractivity contribution in [1.29, 1.82) is 0 Å². The van der Waals surface area contributed by atoms with Crippen LogP contribution < -0.4 is 9.47 Å². The molecule has 2 aromatic rings. The number of ether oxygens (including phenoxy) is 3. The van der Waals surface area contributed by atoms with Gasteiger partial charge in [0.1, 0.15) is 12.4 Å². The molecule has 8 heteroatoms. The van der Waals surface area contributed by atoms with Crippen molar-refractivity contribution >= 4 is 17.4 Å². The smallest absolute Gasteiger partial charge is 0.295 e. The van der Waals surface area contributed by atoms with Crippen molar-refractivity contribution in [2.75, 3.05) is 33.5 Å². The van der Waals surface area contributed by atoms with Crippen molar-refractivity contribution < 1.29 is 28.9 Å². The first-order chi connectivity index (χ1) is 16.0. The van der Waals surface area contributed by atoms with E-state index < -0.39 is 17.7 Å². The quantitative estimate of drug-likeness (QED) is 0.183. The van der Waals surface area contributed by atoms with E-state index in [4.69, 9.17) is 14.2 Å². The van der Waals surface area contributed by atoms with Crippen LogP contribution in [0.25, 0.3) is 5.76 Å². The number of carbonyl (C=O) groups is 2. The number of ketones is 1. The third kappa shape index (κ3) is 5.23. The van der Waals surface area contributed by atoms with E-state index >= 15 is 0 Å². The lowest BCUT2D eigenvalue weighted by molar-refractivity contribution is -0.140. The molecule has 1 fully saturated rings. The van der Waals surface area contributed by atoms with E-state index in [9.17, 15) is 14.7 Å². The highest BCUT2D eigenvalue weighted by Crippen LogP contribution is 2.42. The first-order valence-electron chi connectivity index (χ1n) is 10.7. The molecule has 3 rings (SSSR count). The van der Waals surface area contributed by atoms with Crippen molar-refractivity contribution in [3.05, 3.63) is 72.1 Å². The number of rotatable bonds is 11. The number of aliphatic hydroxyl groups is 1. The fraction of sp³-hybridized carbons (Fsp3) is 0.320. The van der Waals surface area contributed by atoms with E-state index in [1.54, 1.807) is 43.5 Å². The van der Waals surface area contributed by atoms with E-state index in [1.165, 1.54) is 17.3 Å². The molecule has 0 spiro atoms. The second-order valence-electron chi connectivity index (χ2n) is 7.31. The molecule has 1 aliphatic heterocycles. The molecule has 0 aliphatic carbocycles. The zero-order chi connectivity index (χ0) is 23.8. The first-order valence-corrected chi connectivity index (χ1v) is 10.7. The monoisotopic (exact) mass is 452 g/mol. The standard InChI is InChI=1S/C25H28N2O6/c1-4-14-33-19-8-7-18(16-20(19)32-5-2)22-21(23(28)17-9-11-26-12-10-17)24(29)25(30)27(22)13-6-15-31-3/h4,7-12,16,22,28H,1,5-6,13-15H2,2-3H3. The number of nitrogens with zero attached hydrogens (tertiary/aromatic N) is 2. The van der Waals surface area contributed by atoms with Crippen LogP contribution in [0.4, 0.5) is 0 Å². The van der Waals surface area contributed by atoms with Crippen LogP contribution in [-0.2, 0) is 14.3 Å². The molecule has 2 heterocycles. The van der Waals surface area contributed by atoms with Gasteiger partial charge in [-0.3, -0.25) is 14.6 Å². The Labute approximate surface area is 193 Å². The lowest BCUT2D eigenvalue weighted by Crippen LogP contribution is -2.31. The summed E-state index contributed by atoms with van der Waals surface area (Å²) in [5.74, 6) is -0.664. The van der Waals surface area contributed by atoms with E-state index in [0.717, 1.165) is 0 Å². The zero-order valence-electron chi connectivity index (χ0n) is 18.8. The maximum Gasteiger partial charge on any atom is 0.295 e. The van der Waals surface area contributed by atoms with Crippen LogP contribution in [0.3, 0.4) is 0 Å². The molecule has 1 saturated heterocycles. The van der Waals surface area contributed by atoms with Gasteiger partial charge in [0.15, 0.2) is 11.5 Å². The van der Waals surface area contributed by atoms with Crippen molar-refractivity contribution in [2.24, 2.45) is 0 Å². The number of methoxy groups -OCH3 is 1. The Morgan fingerprint density at radius 3 is 2.61 bits per heavy atom. The number of amides is 1. The van der Waals surface area contributed by atoms with Gasteiger partial charge in [-0.1, -0.05) is 18.7 Å². The molecule has 1 aromatic carbocycles. The fourth-order valence-electron chi connectivity index (χ4n) is 3.73. The lowest BCUT2D eigenvalue weighted by atomic mass is 9.95. The molecule has 1 amide bonds. The van der Waals surface area contributed by atoms with Crippen molar-refractivity contribution in [2.45, 2.75) is 19.4 Å². The number of aromatic nitrogens is 1. The molecule has 0 radical (unpaired) electrons. The summed E-state index contributed by atoms with van der Waals surface area (Å²) < 4.78 is 16.5. The van der Waals surface area contributed by atoms with Gasteiger partial charge in [-0.15, -0.1) is 0 Å². The predicted octanol–water partition coefficient (Wildman–Crippen LogP) is 3.50. The maximum atomic E-state index is 13.0. The van der Waals surface area contributed by atoms with Crippen LogP contribution in [0, 0.1) is 0 Å². The van der Waals surface area contributed by atoms with Gasteiger partial charge in [0.05, 0.1) is 18.2 Å². The topological polar surface area (TPSA) is 98.2 Å². The SMILES string of the molecule is C=CCOc1ccc(C2C(=C(O)c3ccncc3)C(=O)C(=O)N2CCCOC)cc1OCC. The number of aliphatic hydroxyl groups excluding tert-OH is 1. The Kier molecular flexibility index (Phi) is 8.21. The molecule has 1 N–H and O–H groups in total.